The summed E-state index contributed by atoms with van der Waals surface area (Å²) in [7, 11) is 0. The monoisotopic (exact) mass is 323 g/mol. The van der Waals surface area contributed by atoms with Crippen LogP contribution in [0.25, 0.3) is 0 Å². The molecule has 1 amide bonds. The summed E-state index contributed by atoms with van der Waals surface area (Å²) in [5, 5.41) is 17.1. The third-order valence-corrected chi connectivity index (χ3v) is 4.47. The van der Waals surface area contributed by atoms with Gasteiger partial charge in [0.2, 0.25) is 5.91 Å². The Balaban J connectivity index is 1.86. The van der Waals surface area contributed by atoms with Crippen LogP contribution >= 0.6 is 0 Å². The van der Waals surface area contributed by atoms with E-state index >= 15 is 0 Å². The van der Waals surface area contributed by atoms with Gasteiger partial charge in [0, 0.05) is 12.4 Å². The Hall–Kier alpha value is -2.68. The zero-order valence-corrected chi connectivity index (χ0v) is 13.8. The van der Waals surface area contributed by atoms with Gasteiger partial charge in [0.25, 0.3) is 0 Å². The molecule has 2 aromatic rings. The van der Waals surface area contributed by atoms with E-state index in [4.69, 9.17) is 0 Å². The smallest absolute Gasteiger partial charge is 0.229 e. The molecule has 1 aliphatic rings. The second-order valence-corrected chi connectivity index (χ2v) is 6.10. The summed E-state index contributed by atoms with van der Waals surface area (Å²) in [5.74, 6) is 0.416. The second kappa shape index (κ2) is 7.26. The number of pyridine rings is 1. The van der Waals surface area contributed by atoms with Gasteiger partial charge in [0.1, 0.15) is 17.5 Å². The van der Waals surface area contributed by atoms with E-state index in [-0.39, 0.29) is 18.4 Å². The Bertz CT molecular complexity index is 754. The highest BCUT2D eigenvalue weighted by Gasteiger charge is 2.26. The van der Waals surface area contributed by atoms with E-state index in [1.165, 1.54) is 0 Å². The highest BCUT2D eigenvalue weighted by atomic mass is 16.1. The molecule has 0 aliphatic heterocycles. The Morgan fingerprint density at radius 1 is 1.38 bits per heavy atom. The minimum Gasteiger partial charge on any atom is -0.309 e. The minimum atomic E-state index is -0.139. The summed E-state index contributed by atoms with van der Waals surface area (Å²) in [6.45, 7) is 1.98. The molecule has 124 valence electrons. The normalized spacial score (nSPS) is 14.5. The molecule has 0 spiro atoms. The maximum Gasteiger partial charge on any atom is 0.229 e. The standard InChI is InChI=1S/C18H21N5O/c1-2-16-15(12-19)18(23(22-16)14-5-3-4-6-14)21-17(24)11-13-7-9-20-10-8-13/h7-10,14H,2-6,11H2,1H3,(H,21,24). The molecule has 1 saturated carbocycles. The quantitative estimate of drug-likeness (QED) is 0.916. The maximum atomic E-state index is 12.4. The number of amides is 1. The summed E-state index contributed by atoms with van der Waals surface area (Å²) < 4.78 is 1.87. The first-order valence-electron chi connectivity index (χ1n) is 8.43. The van der Waals surface area contributed by atoms with Crippen LogP contribution in [-0.4, -0.2) is 20.7 Å². The van der Waals surface area contributed by atoms with Crippen LogP contribution in [0.15, 0.2) is 24.5 Å². The topological polar surface area (TPSA) is 83.6 Å². The summed E-state index contributed by atoms with van der Waals surface area (Å²) >= 11 is 0. The fourth-order valence-electron chi connectivity index (χ4n) is 3.24. The zero-order valence-electron chi connectivity index (χ0n) is 13.8. The molecule has 0 atom stereocenters. The van der Waals surface area contributed by atoms with Crippen LogP contribution in [0.4, 0.5) is 5.82 Å². The van der Waals surface area contributed by atoms with Crippen LogP contribution in [-0.2, 0) is 17.6 Å². The van der Waals surface area contributed by atoms with Crippen LogP contribution in [0.2, 0.25) is 0 Å². The molecule has 6 heteroatoms. The van der Waals surface area contributed by atoms with E-state index < -0.39 is 0 Å². The Kier molecular flexibility index (Phi) is 4.90. The van der Waals surface area contributed by atoms with Gasteiger partial charge in [-0.15, -0.1) is 0 Å². The average Bonchev–Trinajstić information content (AvgIpc) is 3.23. The van der Waals surface area contributed by atoms with Gasteiger partial charge in [-0.2, -0.15) is 10.4 Å². The summed E-state index contributed by atoms with van der Waals surface area (Å²) in [5.41, 5.74) is 2.14. The number of anilines is 1. The number of nitrogens with zero attached hydrogens (tertiary/aromatic N) is 4. The van der Waals surface area contributed by atoms with Gasteiger partial charge in [-0.05, 0) is 37.0 Å². The first kappa shape index (κ1) is 16.2. The number of hydrogen-bond donors (Lipinski definition) is 1. The molecule has 3 rings (SSSR count). The third-order valence-electron chi connectivity index (χ3n) is 4.47. The van der Waals surface area contributed by atoms with Gasteiger partial charge in [0.05, 0.1) is 18.2 Å². The minimum absolute atomic E-state index is 0.139. The van der Waals surface area contributed by atoms with Crippen LogP contribution in [0.1, 0.15) is 55.5 Å². The molecule has 24 heavy (non-hydrogen) atoms. The van der Waals surface area contributed by atoms with Gasteiger partial charge >= 0.3 is 0 Å². The lowest BCUT2D eigenvalue weighted by atomic mass is 10.1. The summed E-state index contributed by atoms with van der Waals surface area (Å²) in [4.78, 5) is 16.4. The van der Waals surface area contributed by atoms with Gasteiger partial charge in [-0.3, -0.25) is 9.78 Å². The van der Waals surface area contributed by atoms with Crippen molar-refractivity contribution in [3.05, 3.63) is 41.3 Å². The third kappa shape index (κ3) is 3.30. The number of nitrogens with one attached hydrogen (secondary N) is 1. The van der Waals surface area contributed by atoms with Crippen molar-refractivity contribution in [3.8, 4) is 6.07 Å². The predicted octanol–water partition coefficient (Wildman–Crippen LogP) is 3.01. The highest BCUT2D eigenvalue weighted by Crippen LogP contribution is 2.34. The number of carbonyl (C=O) groups is 1. The van der Waals surface area contributed by atoms with E-state index in [2.05, 4.69) is 21.5 Å². The molecule has 0 saturated heterocycles. The fourth-order valence-corrected chi connectivity index (χ4v) is 3.24. The van der Waals surface area contributed by atoms with Crippen molar-refractivity contribution in [3.63, 3.8) is 0 Å². The first-order valence-corrected chi connectivity index (χ1v) is 8.43. The van der Waals surface area contributed by atoms with E-state index in [1.807, 2.05) is 23.7 Å². The van der Waals surface area contributed by atoms with Gasteiger partial charge in [0.15, 0.2) is 0 Å². The maximum absolute atomic E-state index is 12.4. The molecule has 0 aromatic carbocycles. The van der Waals surface area contributed by atoms with E-state index in [0.717, 1.165) is 36.9 Å². The van der Waals surface area contributed by atoms with E-state index in [0.29, 0.717) is 17.8 Å². The first-order chi connectivity index (χ1) is 11.7. The highest BCUT2D eigenvalue weighted by molar-refractivity contribution is 5.92. The molecule has 1 fully saturated rings. The zero-order chi connectivity index (χ0) is 16.9. The number of carbonyl (C=O) groups excluding carboxylic acids is 1. The number of hydrogen-bond acceptors (Lipinski definition) is 4. The molecular weight excluding hydrogens is 302 g/mol. The van der Waals surface area contributed by atoms with Crippen molar-refractivity contribution in [2.24, 2.45) is 0 Å². The van der Waals surface area contributed by atoms with Gasteiger partial charge in [-0.1, -0.05) is 19.8 Å². The summed E-state index contributed by atoms with van der Waals surface area (Å²) in [6, 6.07) is 6.12. The van der Waals surface area contributed by atoms with Crippen molar-refractivity contribution in [1.82, 2.24) is 14.8 Å². The Morgan fingerprint density at radius 3 is 2.71 bits per heavy atom. The van der Waals surface area contributed by atoms with Gasteiger partial charge < -0.3 is 5.32 Å². The molecule has 0 unspecified atom stereocenters. The lowest BCUT2D eigenvalue weighted by molar-refractivity contribution is -0.115. The lowest BCUT2D eigenvalue weighted by Gasteiger charge is -2.15. The number of aryl methyl sites for hydroxylation is 1. The molecule has 6 nitrogen and oxygen atoms in total. The Morgan fingerprint density at radius 2 is 2.08 bits per heavy atom. The molecule has 2 aromatic heterocycles. The number of aromatic nitrogens is 3. The molecule has 1 aliphatic carbocycles. The number of nitriles is 1. The van der Waals surface area contributed by atoms with Crippen molar-refractivity contribution < 1.29 is 4.79 Å². The molecular formula is C18H21N5O. The van der Waals surface area contributed by atoms with Crippen LogP contribution in [0.5, 0.6) is 0 Å². The molecule has 1 N–H and O–H groups in total. The van der Waals surface area contributed by atoms with Crippen LogP contribution < -0.4 is 5.32 Å². The lowest BCUT2D eigenvalue weighted by Crippen LogP contribution is -2.20. The largest absolute Gasteiger partial charge is 0.309 e. The molecule has 0 radical (unpaired) electrons. The molecule has 2 heterocycles. The fraction of sp³-hybridized carbons (Fsp3) is 0.444. The van der Waals surface area contributed by atoms with Crippen LogP contribution in [0, 0.1) is 11.3 Å². The van der Waals surface area contributed by atoms with Crippen molar-refractivity contribution >= 4 is 11.7 Å². The van der Waals surface area contributed by atoms with Crippen molar-refractivity contribution in [2.75, 3.05) is 5.32 Å². The predicted molar refractivity (Wildman–Crippen MR) is 90.4 cm³/mol. The number of rotatable bonds is 5. The van der Waals surface area contributed by atoms with Crippen molar-refractivity contribution in [1.29, 1.82) is 5.26 Å². The molecule has 0 bridgehead atoms. The SMILES string of the molecule is CCc1nn(C2CCCC2)c(NC(=O)Cc2ccncc2)c1C#N. The van der Waals surface area contributed by atoms with Crippen LogP contribution in [0.3, 0.4) is 0 Å². The van der Waals surface area contributed by atoms with E-state index in [1.54, 1.807) is 12.4 Å². The Labute approximate surface area is 141 Å². The summed E-state index contributed by atoms with van der Waals surface area (Å²) in [6.07, 6.45) is 8.69. The van der Waals surface area contributed by atoms with E-state index in [9.17, 15) is 10.1 Å². The second-order valence-electron chi connectivity index (χ2n) is 6.10. The van der Waals surface area contributed by atoms with Gasteiger partial charge in [-0.25, -0.2) is 4.68 Å². The van der Waals surface area contributed by atoms with Crippen molar-refractivity contribution in [2.45, 2.75) is 51.5 Å². The average molecular weight is 323 g/mol.